The van der Waals surface area contributed by atoms with E-state index in [2.05, 4.69) is 0 Å². The Morgan fingerprint density at radius 1 is 0.647 bits per heavy atom. The van der Waals surface area contributed by atoms with Crippen molar-refractivity contribution in [3.05, 3.63) is 0 Å². The number of hydrogen-bond donors (Lipinski definition) is 0. The number of hydrogen-bond acceptors (Lipinski definition) is 2. The Morgan fingerprint density at radius 3 is 1.71 bits per heavy atom. The van der Waals surface area contributed by atoms with Gasteiger partial charge in [-0.15, -0.1) is 0 Å². The minimum Gasteiger partial charge on any atom is -0.347 e. The Hall–Kier alpha value is -0.0800. The summed E-state index contributed by atoms with van der Waals surface area (Å²) in [5.41, 5.74) is 0. The number of fused-ring (bicyclic) bond motifs is 2. The van der Waals surface area contributed by atoms with Gasteiger partial charge >= 0.3 is 0 Å². The van der Waals surface area contributed by atoms with Gasteiger partial charge in [0.2, 0.25) is 0 Å². The van der Waals surface area contributed by atoms with Gasteiger partial charge in [-0.3, -0.25) is 0 Å². The molecule has 2 heteroatoms. The van der Waals surface area contributed by atoms with Gasteiger partial charge in [0.05, 0.1) is 12.2 Å². The van der Waals surface area contributed by atoms with E-state index in [1.807, 2.05) is 6.92 Å². The van der Waals surface area contributed by atoms with Crippen molar-refractivity contribution in [1.82, 2.24) is 0 Å². The Morgan fingerprint density at radius 2 is 1.18 bits per heavy atom. The topological polar surface area (TPSA) is 18.5 Å². The lowest BCUT2D eigenvalue weighted by Gasteiger charge is -2.31. The Balaban J connectivity index is 1.65. The molecule has 0 bridgehead atoms. The first-order chi connectivity index (χ1) is 8.33. The highest BCUT2D eigenvalue weighted by Gasteiger charge is 2.37. The molecule has 0 radical (unpaired) electrons. The molecule has 3 fully saturated rings. The molecule has 2 saturated carbocycles. The molecule has 4 atom stereocenters. The molecule has 98 valence electrons. The highest BCUT2D eigenvalue weighted by atomic mass is 16.7. The second-order valence-corrected chi connectivity index (χ2v) is 6.23. The van der Waals surface area contributed by atoms with Crippen molar-refractivity contribution in [3.63, 3.8) is 0 Å². The molecule has 17 heavy (non-hydrogen) atoms. The standard InChI is InChI=1S/C15H26O2/c1-11-16-14-9-7-12-5-3-2-4-6-13(12)8-10-15(14)17-11/h11-15H,2-10H2,1H3. The van der Waals surface area contributed by atoms with Crippen molar-refractivity contribution in [3.8, 4) is 0 Å². The largest absolute Gasteiger partial charge is 0.347 e. The molecule has 2 aliphatic carbocycles. The summed E-state index contributed by atoms with van der Waals surface area (Å²) in [4.78, 5) is 0. The molecule has 1 heterocycles. The van der Waals surface area contributed by atoms with E-state index >= 15 is 0 Å². The fourth-order valence-electron chi connectivity index (χ4n) is 4.19. The summed E-state index contributed by atoms with van der Waals surface area (Å²) in [6.07, 6.45) is 13.4. The summed E-state index contributed by atoms with van der Waals surface area (Å²) in [6.45, 7) is 2.04. The summed E-state index contributed by atoms with van der Waals surface area (Å²) in [5, 5.41) is 0. The highest BCUT2D eigenvalue weighted by Crippen LogP contribution is 2.40. The highest BCUT2D eigenvalue weighted by molar-refractivity contribution is 4.85. The van der Waals surface area contributed by atoms with Gasteiger partial charge in [-0.25, -0.2) is 0 Å². The lowest BCUT2D eigenvalue weighted by molar-refractivity contribution is -0.0520. The summed E-state index contributed by atoms with van der Waals surface area (Å²) in [6, 6.07) is 0. The third-order valence-corrected chi connectivity index (χ3v) is 5.11. The average molecular weight is 238 g/mol. The van der Waals surface area contributed by atoms with Gasteiger partial charge in [0.1, 0.15) is 0 Å². The van der Waals surface area contributed by atoms with Crippen LogP contribution >= 0.6 is 0 Å². The second-order valence-electron chi connectivity index (χ2n) is 6.23. The predicted molar refractivity (Wildman–Crippen MR) is 67.7 cm³/mol. The van der Waals surface area contributed by atoms with E-state index in [9.17, 15) is 0 Å². The maximum atomic E-state index is 5.89. The number of rotatable bonds is 0. The molecule has 0 amide bonds. The van der Waals surface area contributed by atoms with Crippen LogP contribution < -0.4 is 0 Å². The van der Waals surface area contributed by atoms with Crippen molar-refractivity contribution in [2.24, 2.45) is 11.8 Å². The maximum Gasteiger partial charge on any atom is 0.155 e. The van der Waals surface area contributed by atoms with Crippen molar-refractivity contribution in [1.29, 1.82) is 0 Å². The van der Waals surface area contributed by atoms with Crippen LogP contribution in [0.3, 0.4) is 0 Å². The van der Waals surface area contributed by atoms with E-state index in [-0.39, 0.29) is 6.29 Å². The smallest absolute Gasteiger partial charge is 0.155 e. The zero-order chi connectivity index (χ0) is 11.7. The molecule has 1 aliphatic heterocycles. The van der Waals surface area contributed by atoms with Gasteiger partial charge in [-0.2, -0.15) is 0 Å². The zero-order valence-electron chi connectivity index (χ0n) is 11.1. The zero-order valence-corrected chi connectivity index (χ0v) is 11.1. The number of ether oxygens (including phenoxy) is 2. The maximum absolute atomic E-state index is 5.89. The van der Waals surface area contributed by atoms with E-state index in [4.69, 9.17) is 9.47 Å². The SMILES string of the molecule is CC1OC2CCC3CCCCCC3CCC2O1. The third-order valence-electron chi connectivity index (χ3n) is 5.11. The van der Waals surface area contributed by atoms with E-state index in [0.29, 0.717) is 12.2 Å². The van der Waals surface area contributed by atoms with Crippen LogP contribution in [0, 0.1) is 11.8 Å². The Bertz CT molecular complexity index is 229. The van der Waals surface area contributed by atoms with E-state index in [1.54, 1.807) is 0 Å². The lowest BCUT2D eigenvalue weighted by Crippen LogP contribution is -2.29. The second kappa shape index (κ2) is 5.27. The van der Waals surface area contributed by atoms with Crippen molar-refractivity contribution in [2.75, 3.05) is 0 Å². The normalized spacial score (nSPS) is 47.5. The van der Waals surface area contributed by atoms with Crippen molar-refractivity contribution in [2.45, 2.75) is 83.2 Å². The van der Waals surface area contributed by atoms with Crippen molar-refractivity contribution < 1.29 is 9.47 Å². The molecule has 0 spiro atoms. The molecular weight excluding hydrogens is 212 g/mol. The van der Waals surface area contributed by atoms with Gasteiger partial charge < -0.3 is 9.47 Å². The van der Waals surface area contributed by atoms with Gasteiger partial charge in [0, 0.05) is 0 Å². The molecule has 1 saturated heterocycles. The molecule has 2 nitrogen and oxygen atoms in total. The van der Waals surface area contributed by atoms with Crippen molar-refractivity contribution >= 4 is 0 Å². The van der Waals surface area contributed by atoms with Crippen LogP contribution in [-0.2, 0) is 9.47 Å². The Kier molecular flexibility index (Phi) is 3.72. The van der Waals surface area contributed by atoms with E-state index in [0.717, 1.165) is 11.8 Å². The first-order valence-electron chi connectivity index (χ1n) is 7.64. The summed E-state index contributed by atoms with van der Waals surface area (Å²) in [7, 11) is 0. The molecule has 3 aliphatic rings. The third kappa shape index (κ3) is 2.68. The fourth-order valence-corrected chi connectivity index (χ4v) is 4.19. The Labute approximate surface area is 105 Å². The average Bonchev–Trinajstić information content (AvgIpc) is 2.52. The quantitative estimate of drug-likeness (QED) is 0.637. The molecule has 0 aromatic rings. The van der Waals surface area contributed by atoms with Crippen LogP contribution in [0.15, 0.2) is 0 Å². The fraction of sp³-hybridized carbons (Fsp3) is 1.00. The van der Waals surface area contributed by atoms with Crippen LogP contribution in [0.5, 0.6) is 0 Å². The molecule has 4 unspecified atom stereocenters. The minimum atomic E-state index is 0.0351. The molecular formula is C15H26O2. The molecule has 0 N–H and O–H groups in total. The van der Waals surface area contributed by atoms with Crippen LogP contribution in [0.4, 0.5) is 0 Å². The van der Waals surface area contributed by atoms with Crippen LogP contribution in [0.25, 0.3) is 0 Å². The summed E-state index contributed by atoms with van der Waals surface area (Å²) in [5.74, 6) is 1.97. The van der Waals surface area contributed by atoms with Gasteiger partial charge in [0.25, 0.3) is 0 Å². The van der Waals surface area contributed by atoms with E-state index in [1.165, 1.54) is 57.8 Å². The monoisotopic (exact) mass is 238 g/mol. The van der Waals surface area contributed by atoms with Gasteiger partial charge in [-0.1, -0.05) is 32.1 Å². The first-order valence-corrected chi connectivity index (χ1v) is 7.64. The summed E-state index contributed by atoms with van der Waals surface area (Å²) < 4.78 is 11.8. The lowest BCUT2D eigenvalue weighted by atomic mass is 9.77. The van der Waals surface area contributed by atoms with Crippen LogP contribution in [-0.4, -0.2) is 18.5 Å². The molecule has 0 aromatic carbocycles. The molecule has 3 rings (SSSR count). The molecule has 0 aromatic heterocycles. The van der Waals surface area contributed by atoms with Crippen LogP contribution in [0.1, 0.15) is 64.7 Å². The first kappa shape index (κ1) is 12.0. The van der Waals surface area contributed by atoms with Gasteiger partial charge in [0.15, 0.2) is 6.29 Å². The predicted octanol–water partition coefficient (Wildman–Crippen LogP) is 3.89. The summed E-state index contributed by atoms with van der Waals surface area (Å²) >= 11 is 0. The minimum absolute atomic E-state index is 0.0351. The van der Waals surface area contributed by atoms with E-state index < -0.39 is 0 Å². The van der Waals surface area contributed by atoms with Gasteiger partial charge in [-0.05, 0) is 44.4 Å². The van der Waals surface area contributed by atoms with Crippen LogP contribution in [0.2, 0.25) is 0 Å².